The molecular weight excluding hydrogens is 378 g/mol. The third-order valence-corrected chi connectivity index (χ3v) is 5.66. The Labute approximate surface area is 187 Å². The van der Waals surface area contributed by atoms with Gasteiger partial charge in [0.05, 0.1) is 6.61 Å². The molecule has 8 heteroatoms. The molecule has 0 spiro atoms. The summed E-state index contributed by atoms with van der Waals surface area (Å²) in [5.41, 5.74) is 0. The second-order valence-corrected chi connectivity index (χ2v) is 8.57. The van der Waals surface area contributed by atoms with Crippen LogP contribution in [0, 0.1) is 0 Å². The van der Waals surface area contributed by atoms with E-state index in [2.05, 4.69) is 11.4 Å². The summed E-state index contributed by atoms with van der Waals surface area (Å²) in [6, 6.07) is 0. The number of phosphoric acid groups is 1. The second-order valence-electron chi connectivity index (χ2n) is 7.17. The summed E-state index contributed by atoms with van der Waals surface area (Å²) in [6.45, 7) is 2.21. The van der Waals surface area contributed by atoms with E-state index in [9.17, 15) is 9.36 Å². The van der Waals surface area contributed by atoms with Crippen LogP contribution in [0.3, 0.4) is 0 Å². The van der Waals surface area contributed by atoms with Crippen LogP contribution in [0.5, 0.6) is 0 Å². The van der Waals surface area contributed by atoms with Gasteiger partial charge in [-0.2, -0.15) is 0 Å². The molecule has 0 bridgehead atoms. The van der Waals surface area contributed by atoms with E-state index in [1.807, 2.05) is 0 Å². The maximum absolute atomic E-state index is 11.6. The predicted octanol–water partition coefficient (Wildman–Crippen LogP) is 5.15. The third kappa shape index (κ3) is 16.1. The quantitative estimate of drug-likeness (QED) is 0.163. The van der Waals surface area contributed by atoms with Crippen LogP contribution in [0.1, 0.15) is 96.8 Å². The fourth-order valence-corrected chi connectivity index (χ4v) is 3.96. The molecular formula is C19H37NaO6P. The first kappa shape index (κ1) is 27.6. The van der Waals surface area contributed by atoms with E-state index in [0.29, 0.717) is 6.42 Å². The molecule has 1 aliphatic heterocycles. The number of unbranched alkanes of at least 4 members (excludes halogenated alkanes) is 12. The number of ether oxygens (including phenoxy) is 1. The van der Waals surface area contributed by atoms with Gasteiger partial charge < -0.3 is 9.63 Å². The number of hydrogen-bond donors (Lipinski definition) is 1. The molecule has 155 valence electrons. The van der Waals surface area contributed by atoms with Crippen LogP contribution >= 0.6 is 7.82 Å². The summed E-state index contributed by atoms with van der Waals surface area (Å²) in [6.07, 6.45) is 16.2. The van der Waals surface area contributed by atoms with Gasteiger partial charge in [0.25, 0.3) is 0 Å². The van der Waals surface area contributed by atoms with E-state index in [1.165, 1.54) is 64.2 Å². The van der Waals surface area contributed by atoms with Gasteiger partial charge in [0, 0.05) is 36.0 Å². The molecule has 1 aliphatic rings. The Balaban J connectivity index is 0.00000676. The van der Waals surface area contributed by atoms with Gasteiger partial charge in [0.15, 0.2) is 0 Å². The topological polar surface area (TPSA) is 82.1 Å². The van der Waals surface area contributed by atoms with Crippen LogP contribution in [0.15, 0.2) is 0 Å². The molecule has 1 fully saturated rings. The zero-order valence-corrected chi connectivity index (χ0v) is 20.2. The SMILES string of the molecule is CCCCCCCCCCCCCCCC(=O)OC[C@@H]1COP(=O)(O)O1.[Na]. The molecule has 0 amide bonds. The van der Waals surface area contributed by atoms with Gasteiger partial charge in [-0.15, -0.1) is 0 Å². The Bertz CT molecular complexity index is 421. The van der Waals surface area contributed by atoms with Crippen LogP contribution in [0.4, 0.5) is 0 Å². The zero-order chi connectivity index (χ0) is 19.1. The van der Waals surface area contributed by atoms with Gasteiger partial charge in [-0.1, -0.05) is 84.0 Å². The smallest absolute Gasteiger partial charge is 0.463 e. The van der Waals surface area contributed by atoms with E-state index >= 15 is 0 Å². The maximum atomic E-state index is 11.6. The number of rotatable bonds is 16. The van der Waals surface area contributed by atoms with Gasteiger partial charge in [-0.05, 0) is 6.42 Å². The monoisotopic (exact) mass is 415 g/mol. The molecule has 0 aliphatic carbocycles. The summed E-state index contributed by atoms with van der Waals surface area (Å²) in [4.78, 5) is 20.6. The molecule has 1 N–H and O–H groups in total. The fourth-order valence-electron chi connectivity index (χ4n) is 3.05. The third-order valence-electron chi connectivity index (χ3n) is 4.62. The molecule has 1 rings (SSSR count). The Hall–Kier alpha value is 0.580. The first-order chi connectivity index (χ1) is 12.5. The average molecular weight is 415 g/mol. The minimum atomic E-state index is -3.90. The van der Waals surface area contributed by atoms with Crippen molar-refractivity contribution >= 4 is 43.3 Å². The molecule has 1 unspecified atom stereocenters. The van der Waals surface area contributed by atoms with Crippen LogP contribution in [-0.4, -0.2) is 59.7 Å². The van der Waals surface area contributed by atoms with Crippen molar-refractivity contribution in [2.24, 2.45) is 0 Å². The van der Waals surface area contributed by atoms with Crippen molar-refractivity contribution in [2.75, 3.05) is 13.2 Å². The minimum Gasteiger partial charge on any atom is -0.463 e. The minimum absolute atomic E-state index is 0. The van der Waals surface area contributed by atoms with Crippen LogP contribution in [0.2, 0.25) is 0 Å². The molecule has 0 aromatic heterocycles. The van der Waals surface area contributed by atoms with Crippen molar-refractivity contribution < 1.29 is 28.0 Å². The van der Waals surface area contributed by atoms with E-state index in [1.54, 1.807) is 0 Å². The van der Waals surface area contributed by atoms with E-state index < -0.39 is 13.9 Å². The van der Waals surface area contributed by atoms with E-state index in [0.717, 1.165) is 19.3 Å². The number of carbonyl (C=O) groups excluding carboxylic acids is 1. The molecule has 6 nitrogen and oxygen atoms in total. The van der Waals surface area contributed by atoms with Gasteiger partial charge in [0.2, 0.25) is 0 Å². The molecule has 0 saturated carbocycles. The molecule has 2 atom stereocenters. The van der Waals surface area contributed by atoms with Crippen LogP contribution < -0.4 is 0 Å². The second kappa shape index (κ2) is 17.4. The predicted molar refractivity (Wildman–Crippen MR) is 108 cm³/mol. The van der Waals surface area contributed by atoms with Crippen LogP contribution in [0.25, 0.3) is 0 Å². The van der Waals surface area contributed by atoms with Gasteiger partial charge in [-0.25, -0.2) is 4.57 Å². The van der Waals surface area contributed by atoms with Gasteiger partial charge in [-0.3, -0.25) is 13.8 Å². The molecule has 1 saturated heterocycles. The Morgan fingerprint density at radius 2 is 1.44 bits per heavy atom. The fraction of sp³-hybridized carbons (Fsp3) is 0.947. The number of carbonyl (C=O) groups is 1. The van der Waals surface area contributed by atoms with Crippen molar-refractivity contribution in [3.8, 4) is 0 Å². The normalized spacial score (nSPS) is 21.8. The van der Waals surface area contributed by atoms with Gasteiger partial charge >= 0.3 is 13.8 Å². The van der Waals surface area contributed by atoms with Crippen LogP contribution in [-0.2, 0) is 23.1 Å². The number of phosphoric ester groups is 1. The molecule has 1 radical (unpaired) electrons. The maximum Gasteiger partial charge on any atom is 0.472 e. The summed E-state index contributed by atoms with van der Waals surface area (Å²) in [5.74, 6) is -0.281. The molecule has 0 aromatic rings. The largest absolute Gasteiger partial charge is 0.472 e. The Morgan fingerprint density at radius 1 is 0.963 bits per heavy atom. The summed E-state index contributed by atoms with van der Waals surface area (Å²) < 4.78 is 25.4. The van der Waals surface area contributed by atoms with E-state index in [4.69, 9.17) is 14.2 Å². The average Bonchev–Trinajstić information content (AvgIpc) is 2.96. The summed E-state index contributed by atoms with van der Waals surface area (Å²) >= 11 is 0. The Morgan fingerprint density at radius 3 is 1.89 bits per heavy atom. The molecule has 1 heterocycles. The summed E-state index contributed by atoms with van der Waals surface area (Å²) in [7, 11) is -3.90. The van der Waals surface area contributed by atoms with Crippen molar-refractivity contribution in [2.45, 2.75) is 103 Å². The first-order valence-electron chi connectivity index (χ1n) is 10.3. The van der Waals surface area contributed by atoms with Gasteiger partial charge in [0.1, 0.15) is 12.7 Å². The summed E-state index contributed by atoms with van der Waals surface area (Å²) in [5, 5.41) is 0. The van der Waals surface area contributed by atoms with Crippen molar-refractivity contribution in [1.82, 2.24) is 0 Å². The molecule has 0 aromatic carbocycles. The van der Waals surface area contributed by atoms with Crippen molar-refractivity contribution in [3.63, 3.8) is 0 Å². The Kier molecular flexibility index (Phi) is 17.8. The van der Waals surface area contributed by atoms with Crippen molar-refractivity contribution in [1.29, 1.82) is 0 Å². The van der Waals surface area contributed by atoms with E-state index in [-0.39, 0.29) is 48.7 Å². The molecule has 27 heavy (non-hydrogen) atoms. The number of hydrogen-bond acceptors (Lipinski definition) is 5. The zero-order valence-electron chi connectivity index (χ0n) is 17.3. The van der Waals surface area contributed by atoms with Crippen molar-refractivity contribution in [3.05, 3.63) is 0 Å². The standard InChI is InChI=1S/C19H37O6P.Na/c1-2-3-4-5-6-7-8-9-10-11-12-13-14-15-19(20)23-16-18-17-24-26(21,22)25-18;/h18H,2-17H2,1H3,(H,21,22);/t18-;/m1./s1. The number of esters is 1. The first-order valence-corrected chi connectivity index (χ1v) is 11.8.